The normalized spacial score (nSPS) is 11.2. The minimum absolute atomic E-state index is 0.166. The summed E-state index contributed by atoms with van der Waals surface area (Å²) in [5.74, 6) is 1.32. The number of hydrogen-bond donors (Lipinski definition) is 2. The van der Waals surface area contributed by atoms with Gasteiger partial charge in [0.05, 0.1) is 18.5 Å². The fraction of sp³-hybridized carbons (Fsp3) is 0.238. The second kappa shape index (κ2) is 7.94. The molecule has 0 saturated heterocycles. The summed E-state index contributed by atoms with van der Waals surface area (Å²) in [6.45, 7) is 6.22. The molecule has 0 spiro atoms. The molecule has 0 aliphatic carbocycles. The molecule has 0 aliphatic rings. The van der Waals surface area contributed by atoms with Crippen molar-refractivity contribution < 1.29 is 9.53 Å². The third kappa shape index (κ3) is 4.64. The average Bonchev–Trinajstić information content (AvgIpc) is 3.08. The van der Waals surface area contributed by atoms with Gasteiger partial charge >= 0.3 is 6.03 Å². The van der Waals surface area contributed by atoms with Gasteiger partial charge in [-0.25, -0.2) is 9.48 Å². The number of halogens is 1. The number of anilines is 2. The molecule has 7 heteroatoms. The highest BCUT2D eigenvalue weighted by atomic mass is 35.5. The van der Waals surface area contributed by atoms with E-state index >= 15 is 0 Å². The largest absolute Gasteiger partial charge is 0.497 e. The quantitative estimate of drug-likeness (QED) is 0.611. The van der Waals surface area contributed by atoms with Crippen molar-refractivity contribution in [3.63, 3.8) is 0 Å². The first-order valence-electron chi connectivity index (χ1n) is 8.85. The standard InChI is InChI=1S/C21H23ClN4O2/c1-21(2,3)18-13-19(24-20(27)23-15-7-5-14(22)6-8-15)26(25-18)16-9-11-17(28-4)12-10-16/h5-13H,1-4H3,(H2,23,24,27). The Morgan fingerprint density at radius 2 is 1.68 bits per heavy atom. The highest BCUT2D eigenvalue weighted by molar-refractivity contribution is 6.30. The van der Waals surface area contributed by atoms with Gasteiger partial charge in [0.15, 0.2) is 0 Å². The first-order valence-corrected chi connectivity index (χ1v) is 9.22. The lowest BCUT2D eigenvalue weighted by Crippen LogP contribution is -2.21. The molecule has 3 rings (SSSR count). The van der Waals surface area contributed by atoms with Crippen LogP contribution in [0.4, 0.5) is 16.3 Å². The number of ether oxygens (including phenoxy) is 1. The molecule has 0 unspecified atom stereocenters. The molecule has 1 heterocycles. The number of carbonyl (C=O) groups excluding carboxylic acids is 1. The van der Waals surface area contributed by atoms with Crippen LogP contribution in [0.25, 0.3) is 5.69 Å². The number of rotatable bonds is 4. The Hall–Kier alpha value is -2.99. The van der Waals surface area contributed by atoms with Gasteiger partial charge in [0.25, 0.3) is 0 Å². The minimum atomic E-state index is -0.363. The van der Waals surface area contributed by atoms with E-state index in [1.807, 2.05) is 30.3 Å². The molecule has 2 N–H and O–H groups in total. The van der Waals surface area contributed by atoms with Gasteiger partial charge in [-0.2, -0.15) is 5.10 Å². The van der Waals surface area contributed by atoms with Gasteiger partial charge in [0, 0.05) is 22.2 Å². The average molecular weight is 399 g/mol. The summed E-state index contributed by atoms with van der Waals surface area (Å²) in [4.78, 5) is 12.5. The SMILES string of the molecule is COc1ccc(-n2nc(C(C)(C)C)cc2NC(=O)Nc2ccc(Cl)cc2)cc1. The smallest absolute Gasteiger partial charge is 0.324 e. The van der Waals surface area contributed by atoms with Crippen LogP contribution in [0.3, 0.4) is 0 Å². The first kappa shape index (κ1) is 19.8. The minimum Gasteiger partial charge on any atom is -0.497 e. The van der Waals surface area contributed by atoms with E-state index in [-0.39, 0.29) is 11.4 Å². The third-order valence-corrected chi connectivity index (χ3v) is 4.39. The van der Waals surface area contributed by atoms with Crippen molar-refractivity contribution in [2.24, 2.45) is 0 Å². The van der Waals surface area contributed by atoms with Gasteiger partial charge in [-0.15, -0.1) is 0 Å². The number of methoxy groups -OCH3 is 1. The van der Waals surface area contributed by atoms with E-state index in [9.17, 15) is 4.79 Å². The maximum atomic E-state index is 12.5. The number of nitrogens with one attached hydrogen (secondary N) is 2. The fourth-order valence-corrected chi connectivity index (χ4v) is 2.69. The van der Waals surface area contributed by atoms with Crippen LogP contribution < -0.4 is 15.4 Å². The van der Waals surface area contributed by atoms with Crippen LogP contribution in [-0.2, 0) is 5.41 Å². The number of aromatic nitrogens is 2. The Labute approximate surface area is 169 Å². The molecule has 0 saturated carbocycles. The predicted molar refractivity (Wildman–Crippen MR) is 113 cm³/mol. The molecule has 146 valence electrons. The van der Waals surface area contributed by atoms with Gasteiger partial charge in [0.2, 0.25) is 0 Å². The first-order chi connectivity index (χ1) is 13.3. The summed E-state index contributed by atoms with van der Waals surface area (Å²) in [5.41, 5.74) is 2.16. The molecule has 0 atom stereocenters. The molecule has 1 aromatic heterocycles. The highest BCUT2D eigenvalue weighted by Gasteiger charge is 2.21. The van der Waals surface area contributed by atoms with Gasteiger partial charge in [-0.1, -0.05) is 32.4 Å². The molecule has 6 nitrogen and oxygen atoms in total. The summed E-state index contributed by atoms with van der Waals surface area (Å²) in [6.07, 6.45) is 0. The molecule has 0 radical (unpaired) electrons. The zero-order valence-electron chi connectivity index (χ0n) is 16.3. The molecule has 2 amide bonds. The van der Waals surface area contributed by atoms with Crippen LogP contribution in [0, 0.1) is 0 Å². The Morgan fingerprint density at radius 1 is 1.04 bits per heavy atom. The second-order valence-electron chi connectivity index (χ2n) is 7.36. The highest BCUT2D eigenvalue weighted by Crippen LogP contribution is 2.27. The lowest BCUT2D eigenvalue weighted by atomic mass is 9.92. The van der Waals surface area contributed by atoms with Gasteiger partial charge in [0.1, 0.15) is 11.6 Å². The number of hydrogen-bond acceptors (Lipinski definition) is 3. The molecule has 0 bridgehead atoms. The van der Waals surface area contributed by atoms with Gasteiger partial charge in [-0.05, 0) is 48.5 Å². The maximum absolute atomic E-state index is 12.5. The molecule has 3 aromatic rings. The maximum Gasteiger partial charge on any atom is 0.324 e. The van der Waals surface area contributed by atoms with Crippen molar-refractivity contribution in [2.45, 2.75) is 26.2 Å². The van der Waals surface area contributed by atoms with E-state index < -0.39 is 0 Å². The number of urea groups is 1. The Bertz CT molecular complexity index is 958. The topological polar surface area (TPSA) is 68.2 Å². The van der Waals surface area contributed by atoms with Crippen LogP contribution in [0.15, 0.2) is 54.6 Å². The van der Waals surface area contributed by atoms with Crippen LogP contribution >= 0.6 is 11.6 Å². The molecule has 28 heavy (non-hydrogen) atoms. The van der Waals surface area contributed by atoms with Gasteiger partial charge in [-0.3, -0.25) is 5.32 Å². The molecular formula is C21H23ClN4O2. The lowest BCUT2D eigenvalue weighted by molar-refractivity contribution is 0.262. The van der Waals surface area contributed by atoms with Crippen molar-refractivity contribution in [3.05, 3.63) is 65.3 Å². The summed E-state index contributed by atoms with van der Waals surface area (Å²) >= 11 is 5.88. The zero-order valence-corrected chi connectivity index (χ0v) is 17.0. The molecular weight excluding hydrogens is 376 g/mol. The van der Waals surface area contributed by atoms with Crippen LogP contribution in [-0.4, -0.2) is 22.9 Å². The monoisotopic (exact) mass is 398 g/mol. The van der Waals surface area contributed by atoms with E-state index in [1.165, 1.54) is 0 Å². The van der Waals surface area contributed by atoms with Crippen molar-refractivity contribution in [1.82, 2.24) is 9.78 Å². The third-order valence-electron chi connectivity index (χ3n) is 4.14. The van der Waals surface area contributed by atoms with E-state index in [1.54, 1.807) is 36.1 Å². The summed E-state index contributed by atoms with van der Waals surface area (Å²) in [5, 5.41) is 11.0. The number of nitrogens with zero attached hydrogens (tertiary/aromatic N) is 2. The van der Waals surface area contributed by atoms with E-state index in [0.717, 1.165) is 17.1 Å². The number of amides is 2. The summed E-state index contributed by atoms with van der Waals surface area (Å²) < 4.78 is 6.93. The predicted octanol–water partition coefficient (Wildman–Crippen LogP) is 5.48. The Balaban J connectivity index is 1.88. The Kier molecular flexibility index (Phi) is 5.61. The summed E-state index contributed by atoms with van der Waals surface area (Å²) in [6, 6.07) is 15.9. The van der Waals surface area contributed by atoms with Crippen LogP contribution in [0.1, 0.15) is 26.5 Å². The van der Waals surface area contributed by atoms with Gasteiger partial charge < -0.3 is 10.1 Å². The van der Waals surface area contributed by atoms with E-state index in [4.69, 9.17) is 21.4 Å². The van der Waals surface area contributed by atoms with E-state index in [2.05, 4.69) is 31.4 Å². The Morgan fingerprint density at radius 3 is 2.25 bits per heavy atom. The zero-order chi connectivity index (χ0) is 20.3. The molecule has 0 aliphatic heterocycles. The van der Waals surface area contributed by atoms with Crippen molar-refractivity contribution in [2.75, 3.05) is 17.7 Å². The number of carbonyl (C=O) groups is 1. The molecule has 0 fully saturated rings. The van der Waals surface area contributed by atoms with E-state index in [0.29, 0.717) is 16.5 Å². The second-order valence-corrected chi connectivity index (χ2v) is 7.80. The fourth-order valence-electron chi connectivity index (χ4n) is 2.57. The number of benzene rings is 2. The van der Waals surface area contributed by atoms with Crippen molar-refractivity contribution in [3.8, 4) is 11.4 Å². The van der Waals surface area contributed by atoms with Crippen LogP contribution in [0.2, 0.25) is 5.02 Å². The molecule has 2 aromatic carbocycles. The van der Waals surface area contributed by atoms with Crippen LogP contribution in [0.5, 0.6) is 5.75 Å². The van der Waals surface area contributed by atoms with Crippen molar-refractivity contribution in [1.29, 1.82) is 0 Å². The lowest BCUT2D eigenvalue weighted by Gasteiger charge is -2.14. The van der Waals surface area contributed by atoms with Crippen molar-refractivity contribution >= 4 is 29.1 Å². The summed E-state index contributed by atoms with van der Waals surface area (Å²) in [7, 11) is 1.62.